The molecule has 0 aliphatic carbocycles. The molecule has 5 heteroatoms. The topological polar surface area (TPSA) is 70.8 Å². The van der Waals surface area contributed by atoms with Crippen molar-refractivity contribution in [3.8, 4) is 0 Å². The summed E-state index contributed by atoms with van der Waals surface area (Å²) in [4.78, 5) is 24.7. The van der Waals surface area contributed by atoms with Gasteiger partial charge in [0.15, 0.2) is 5.76 Å². The minimum absolute atomic E-state index is 0.248. The quantitative estimate of drug-likeness (QED) is 0.889. The molecule has 1 aromatic heterocycles. The average molecular weight is 251 g/mol. The summed E-state index contributed by atoms with van der Waals surface area (Å²) in [6.07, 6.45) is 1.96. The first-order valence-corrected chi connectivity index (χ1v) is 6.17. The van der Waals surface area contributed by atoms with E-state index in [1.165, 1.54) is 4.90 Å². The minimum atomic E-state index is -0.945. The van der Waals surface area contributed by atoms with Crippen LogP contribution in [0.1, 0.15) is 41.6 Å². The molecule has 1 fully saturated rings. The molecule has 2 rings (SSSR count). The molecule has 1 atom stereocenters. The molecule has 1 N–H and O–H groups in total. The van der Waals surface area contributed by atoms with Gasteiger partial charge in [0, 0.05) is 13.0 Å². The number of rotatable bonds is 3. The summed E-state index contributed by atoms with van der Waals surface area (Å²) in [5, 5.41) is 9.06. The first-order valence-electron chi connectivity index (χ1n) is 6.17. The Kier molecular flexibility index (Phi) is 3.41. The SMILES string of the molecule is CCc1oc(C(=O)N2CCCC2C(=O)O)cc1C. The van der Waals surface area contributed by atoms with Gasteiger partial charge in [-0.2, -0.15) is 0 Å². The lowest BCUT2D eigenvalue weighted by molar-refractivity contribution is -0.141. The molecule has 18 heavy (non-hydrogen) atoms. The zero-order valence-corrected chi connectivity index (χ0v) is 10.6. The Labute approximate surface area is 105 Å². The summed E-state index contributed by atoms with van der Waals surface area (Å²) in [6.45, 7) is 4.32. The maximum atomic E-state index is 12.2. The van der Waals surface area contributed by atoms with Crippen LogP contribution in [0.5, 0.6) is 0 Å². The highest BCUT2D eigenvalue weighted by molar-refractivity contribution is 5.95. The van der Waals surface area contributed by atoms with Crippen LogP contribution in [0.3, 0.4) is 0 Å². The second-order valence-corrected chi connectivity index (χ2v) is 4.57. The van der Waals surface area contributed by atoms with Crippen LogP contribution in [0, 0.1) is 6.92 Å². The number of carboxylic acid groups (broad SMARTS) is 1. The van der Waals surface area contributed by atoms with Gasteiger partial charge in [-0.25, -0.2) is 4.79 Å². The van der Waals surface area contributed by atoms with Gasteiger partial charge in [-0.15, -0.1) is 0 Å². The summed E-state index contributed by atoms with van der Waals surface area (Å²) < 4.78 is 5.48. The van der Waals surface area contributed by atoms with Gasteiger partial charge in [-0.1, -0.05) is 6.92 Å². The predicted octanol–water partition coefficient (Wildman–Crippen LogP) is 1.84. The van der Waals surface area contributed by atoms with Gasteiger partial charge in [0.05, 0.1) is 0 Å². The molecule has 98 valence electrons. The van der Waals surface area contributed by atoms with Gasteiger partial charge >= 0.3 is 5.97 Å². The van der Waals surface area contributed by atoms with E-state index in [0.717, 1.165) is 24.2 Å². The number of hydrogen-bond donors (Lipinski definition) is 1. The minimum Gasteiger partial charge on any atom is -0.480 e. The maximum absolute atomic E-state index is 12.2. The van der Waals surface area contributed by atoms with E-state index in [9.17, 15) is 9.59 Å². The lowest BCUT2D eigenvalue weighted by atomic mass is 10.2. The van der Waals surface area contributed by atoms with Crippen LogP contribution in [0.25, 0.3) is 0 Å². The van der Waals surface area contributed by atoms with E-state index in [-0.39, 0.29) is 11.7 Å². The van der Waals surface area contributed by atoms with Crippen LogP contribution in [-0.2, 0) is 11.2 Å². The molecule has 0 aromatic carbocycles. The van der Waals surface area contributed by atoms with Crippen molar-refractivity contribution >= 4 is 11.9 Å². The summed E-state index contributed by atoms with van der Waals surface area (Å²) in [5.74, 6) is -0.232. The largest absolute Gasteiger partial charge is 0.480 e. The number of aliphatic carboxylic acids is 1. The third-order valence-electron chi connectivity index (χ3n) is 3.35. The maximum Gasteiger partial charge on any atom is 0.326 e. The van der Waals surface area contributed by atoms with Gasteiger partial charge in [-0.05, 0) is 31.4 Å². The van der Waals surface area contributed by atoms with Crippen molar-refractivity contribution in [1.29, 1.82) is 0 Å². The molecule has 1 aromatic rings. The zero-order chi connectivity index (χ0) is 13.3. The number of carbonyl (C=O) groups excluding carboxylic acids is 1. The molecule has 0 bridgehead atoms. The Morgan fingerprint density at radius 1 is 1.56 bits per heavy atom. The Hall–Kier alpha value is -1.78. The van der Waals surface area contributed by atoms with Crippen LogP contribution in [0.4, 0.5) is 0 Å². The fourth-order valence-corrected chi connectivity index (χ4v) is 2.38. The van der Waals surface area contributed by atoms with E-state index in [0.29, 0.717) is 13.0 Å². The van der Waals surface area contributed by atoms with E-state index in [1.54, 1.807) is 6.07 Å². The van der Waals surface area contributed by atoms with Crippen molar-refractivity contribution in [3.63, 3.8) is 0 Å². The van der Waals surface area contributed by atoms with Gasteiger partial charge in [0.2, 0.25) is 0 Å². The lowest BCUT2D eigenvalue weighted by Crippen LogP contribution is -2.40. The summed E-state index contributed by atoms with van der Waals surface area (Å²) in [6, 6.07) is 0.978. The van der Waals surface area contributed by atoms with Crippen LogP contribution in [0.15, 0.2) is 10.5 Å². The first kappa shape index (κ1) is 12.7. The third kappa shape index (κ3) is 2.12. The van der Waals surface area contributed by atoms with Crippen molar-refractivity contribution < 1.29 is 19.1 Å². The smallest absolute Gasteiger partial charge is 0.326 e. The lowest BCUT2D eigenvalue weighted by Gasteiger charge is -2.19. The van der Waals surface area contributed by atoms with Crippen LogP contribution in [-0.4, -0.2) is 34.5 Å². The van der Waals surface area contributed by atoms with Gasteiger partial charge in [0.25, 0.3) is 5.91 Å². The molecule has 0 saturated carbocycles. The third-order valence-corrected chi connectivity index (χ3v) is 3.35. The van der Waals surface area contributed by atoms with E-state index < -0.39 is 12.0 Å². The molecule has 0 spiro atoms. The number of nitrogens with zero attached hydrogens (tertiary/aromatic N) is 1. The number of furan rings is 1. The highest BCUT2D eigenvalue weighted by atomic mass is 16.4. The zero-order valence-electron chi connectivity index (χ0n) is 10.6. The Morgan fingerprint density at radius 2 is 2.28 bits per heavy atom. The van der Waals surface area contributed by atoms with E-state index in [4.69, 9.17) is 9.52 Å². The number of amides is 1. The number of carbonyl (C=O) groups is 2. The highest BCUT2D eigenvalue weighted by Crippen LogP contribution is 2.23. The molecule has 1 aliphatic rings. The molecule has 5 nitrogen and oxygen atoms in total. The van der Waals surface area contributed by atoms with Gasteiger partial charge in [-0.3, -0.25) is 4.79 Å². The van der Waals surface area contributed by atoms with Crippen molar-refractivity contribution in [2.45, 2.75) is 39.2 Å². The van der Waals surface area contributed by atoms with Crippen LogP contribution in [0.2, 0.25) is 0 Å². The van der Waals surface area contributed by atoms with Gasteiger partial charge in [0.1, 0.15) is 11.8 Å². The molecule has 1 saturated heterocycles. The second kappa shape index (κ2) is 4.84. The van der Waals surface area contributed by atoms with Crippen molar-refractivity contribution in [2.24, 2.45) is 0 Å². The summed E-state index contributed by atoms with van der Waals surface area (Å²) >= 11 is 0. The van der Waals surface area contributed by atoms with Crippen molar-refractivity contribution in [2.75, 3.05) is 6.54 Å². The Bertz CT molecular complexity index is 477. The Morgan fingerprint density at radius 3 is 2.83 bits per heavy atom. The van der Waals surface area contributed by atoms with E-state index in [2.05, 4.69) is 0 Å². The molecular formula is C13H17NO4. The monoisotopic (exact) mass is 251 g/mol. The molecule has 1 amide bonds. The second-order valence-electron chi connectivity index (χ2n) is 4.57. The number of carboxylic acids is 1. The van der Waals surface area contributed by atoms with Gasteiger partial charge < -0.3 is 14.4 Å². The van der Waals surface area contributed by atoms with E-state index >= 15 is 0 Å². The number of hydrogen-bond acceptors (Lipinski definition) is 3. The van der Waals surface area contributed by atoms with E-state index in [1.807, 2.05) is 13.8 Å². The highest BCUT2D eigenvalue weighted by Gasteiger charge is 2.35. The fraction of sp³-hybridized carbons (Fsp3) is 0.538. The number of likely N-dealkylation sites (tertiary alicyclic amines) is 1. The van der Waals surface area contributed by atoms with Crippen LogP contribution < -0.4 is 0 Å². The average Bonchev–Trinajstić information content (AvgIpc) is 2.93. The van der Waals surface area contributed by atoms with Crippen molar-refractivity contribution in [1.82, 2.24) is 4.90 Å². The summed E-state index contributed by atoms with van der Waals surface area (Å²) in [5.41, 5.74) is 0.937. The Balaban J connectivity index is 2.22. The van der Waals surface area contributed by atoms with Crippen molar-refractivity contribution in [3.05, 3.63) is 23.2 Å². The molecule has 2 heterocycles. The number of aryl methyl sites for hydroxylation is 2. The first-order chi connectivity index (χ1) is 8.54. The van der Waals surface area contributed by atoms with Crippen LogP contribution >= 0.6 is 0 Å². The molecule has 0 radical (unpaired) electrons. The normalized spacial score (nSPS) is 19.2. The molecular weight excluding hydrogens is 234 g/mol. The standard InChI is InChI=1S/C13H17NO4/c1-3-10-8(2)7-11(18-10)12(15)14-6-4-5-9(14)13(16)17/h7,9H,3-6H2,1-2H3,(H,16,17). The fourth-order valence-electron chi connectivity index (χ4n) is 2.38. The predicted molar refractivity (Wildman–Crippen MR) is 64.5 cm³/mol. The molecule has 1 unspecified atom stereocenters. The summed E-state index contributed by atoms with van der Waals surface area (Å²) in [7, 11) is 0. The molecule has 1 aliphatic heterocycles.